The fraction of sp³-hybridized carbons (Fsp3) is 0.391. The molecular weight excluding hydrogens is 369 g/mol. The van der Waals surface area contributed by atoms with Crippen LogP contribution in [-0.4, -0.2) is 49.4 Å². The van der Waals surface area contributed by atoms with Crippen molar-refractivity contribution in [1.29, 1.82) is 0 Å². The topological polar surface area (TPSA) is 52.7 Å². The van der Waals surface area contributed by atoms with Gasteiger partial charge in [0.25, 0.3) is 11.8 Å². The predicted octanol–water partition coefficient (Wildman–Crippen LogP) is 3.71. The number of hydrogen-bond acceptors (Lipinski definition) is 3. The Morgan fingerprint density at radius 1 is 0.931 bits per heavy atom. The number of hydrogen-bond donors (Lipinski definition) is 1. The number of benzene rings is 2. The minimum atomic E-state index is -0.240. The van der Waals surface area contributed by atoms with E-state index in [4.69, 9.17) is 0 Å². The molecule has 0 unspecified atom stereocenters. The maximum absolute atomic E-state index is 14.0. The summed E-state index contributed by atoms with van der Waals surface area (Å²) < 4.78 is 14.0. The van der Waals surface area contributed by atoms with Crippen LogP contribution in [0.25, 0.3) is 0 Å². The highest BCUT2D eigenvalue weighted by atomic mass is 19.1. The molecule has 1 heterocycles. The summed E-state index contributed by atoms with van der Waals surface area (Å²) in [4.78, 5) is 28.7. The van der Waals surface area contributed by atoms with Crippen LogP contribution in [0.15, 0.2) is 48.5 Å². The molecule has 1 aliphatic heterocycles. The Labute approximate surface area is 171 Å². The third-order valence-electron chi connectivity index (χ3n) is 5.22. The number of rotatable bonds is 7. The molecule has 1 aliphatic rings. The summed E-state index contributed by atoms with van der Waals surface area (Å²) in [5, 5.41) is 2.90. The number of unbranched alkanes of at least 4 members (excludes halogenated alkanes) is 2. The Bertz CT molecular complexity index is 830. The molecule has 2 amide bonds. The van der Waals surface area contributed by atoms with E-state index in [2.05, 4.69) is 12.2 Å². The van der Waals surface area contributed by atoms with E-state index in [9.17, 15) is 14.0 Å². The van der Waals surface area contributed by atoms with E-state index in [0.717, 1.165) is 19.3 Å². The van der Waals surface area contributed by atoms with E-state index in [1.165, 1.54) is 6.07 Å². The van der Waals surface area contributed by atoms with Gasteiger partial charge < -0.3 is 15.1 Å². The first-order valence-electron chi connectivity index (χ1n) is 10.3. The number of amides is 2. The summed E-state index contributed by atoms with van der Waals surface area (Å²) in [6.45, 7) is 5.03. The molecule has 2 aromatic rings. The quantitative estimate of drug-likeness (QED) is 0.725. The Morgan fingerprint density at radius 3 is 2.24 bits per heavy atom. The smallest absolute Gasteiger partial charge is 0.253 e. The van der Waals surface area contributed by atoms with E-state index in [1.807, 2.05) is 11.0 Å². The number of carbonyl (C=O) groups excluding carboxylic acids is 2. The van der Waals surface area contributed by atoms with Crippen LogP contribution in [0.4, 0.5) is 10.1 Å². The third kappa shape index (κ3) is 5.34. The van der Waals surface area contributed by atoms with Gasteiger partial charge in [-0.15, -0.1) is 0 Å². The van der Waals surface area contributed by atoms with Crippen LogP contribution in [-0.2, 0) is 0 Å². The van der Waals surface area contributed by atoms with Crippen molar-refractivity contribution in [3.63, 3.8) is 0 Å². The molecule has 154 valence electrons. The highest BCUT2D eigenvalue weighted by molar-refractivity contribution is 5.97. The van der Waals surface area contributed by atoms with Crippen LogP contribution in [0.3, 0.4) is 0 Å². The average Bonchev–Trinajstić information content (AvgIpc) is 2.77. The molecule has 0 saturated carbocycles. The Morgan fingerprint density at radius 2 is 1.59 bits per heavy atom. The van der Waals surface area contributed by atoms with Gasteiger partial charge in [-0.3, -0.25) is 9.59 Å². The summed E-state index contributed by atoms with van der Waals surface area (Å²) in [6, 6.07) is 13.5. The van der Waals surface area contributed by atoms with Crippen molar-refractivity contribution in [2.45, 2.75) is 26.2 Å². The van der Waals surface area contributed by atoms with Gasteiger partial charge in [0.05, 0.1) is 5.69 Å². The molecule has 2 aromatic carbocycles. The number of nitrogens with zero attached hydrogens (tertiary/aromatic N) is 2. The lowest BCUT2D eigenvalue weighted by atomic mass is 10.1. The molecule has 0 aliphatic carbocycles. The van der Waals surface area contributed by atoms with Crippen LogP contribution in [0.1, 0.15) is 46.9 Å². The largest absolute Gasteiger partial charge is 0.366 e. The second-order valence-corrected chi connectivity index (χ2v) is 7.27. The maximum atomic E-state index is 14.0. The van der Waals surface area contributed by atoms with Crippen LogP contribution in [0.5, 0.6) is 0 Å². The van der Waals surface area contributed by atoms with E-state index < -0.39 is 0 Å². The van der Waals surface area contributed by atoms with E-state index in [1.54, 1.807) is 41.3 Å². The Kier molecular flexibility index (Phi) is 7.22. The zero-order chi connectivity index (χ0) is 20.6. The molecule has 6 heteroatoms. The fourth-order valence-electron chi connectivity index (χ4n) is 3.48. The molecule has 0 atom stereocenters. The predicted molar refractivity (Wildman–Crippen MR) is 113 cm³/mol. The number of piperazine rings is 1. The molecule has 3 rings (SSSR count). The first-order valence-corrected chi connectivity index (χ1v) is 10.3. The molecule has 1 saturated heterocycles. The lowest BCUT2D eigenvalue weighted by Crippen LogP contribution is -2.49. The Balaban J connectivity index is 1.53. The van der Waals surface area contributed by atoms with E-state index in [0.29, 0.717) is 49.5 Å². The van der Waals surface area contributed by atoms with Gasteiger partial charge in [0.1, 0.15) is 5.82 Å². The number of nitrogens with one attached hydrogen (secondary N) is 1. The van der Waals surface area contributed by atoms with Crippen LogP contribution >= 0.6 is 0 Å². The summed E-state index contributed by atoms with van der Waals surface area (Å²) in [6.07, 6.45) is 3.18. The van der Waals surface area contributed by atoms with Crippen molar-refractivity contribution in [3.05, 3.63) is 65.5 Å². The monoisotopic (exact) mass is 397 g/mol. The van der Waals surface area contributed by atoms with Crippen molar-refractivity contribution >= 4 is 17.5 Å². The molecule has 1 fully saturated rings. The minimum Gasteiger partial charge on any atom is -0.366 e. The van der Waals surface area contributed by atoms with Crippen molar-refractivity contribution in [2.24, 2.45) is 0 Å². The highest BCUT2D eigenvalue weighted by Gasteiger charge is 2.23. The summed E-state index contributed by atoms with van der Waals surface area (Å²) in [7, 11) is 0. The number of para-hydroxylation sites is 1. The lowest BCUT2D eigenvalue weighted by Gasteiger charge is -2.36. The van der Waals surface area contributed by atoms with E-state index in [-0.39, 0.29) is 17.6 Å². The normalized spacial score (nSPS) is 14.0. The van der Waals surface area contributed by atoms with Crippen molar-refractivity contribution in [1.82, 2.24) is 10.2 Å². The number of anilines is 1. The fourth-order valence-corrected chi connectivity index (χ4v) is 3.48. The standard InChI is InChI=1S/C23H28FN3O2/c1-2-3-6-13-25-22(28)18-9-11-19(12-10-18)23(29)27-16-14-26(15-17-27)21-8-5-4-7-20(21)24/h4-5,7-12H,2-3,6,13-17H2,1H3,(H,25,28). The zero-order valence-electron chi connectivity index (χ0n) is 16.9. The van der Waals surface area contributed by atoms with Gasteiger partial charge in [0.2, 0.25) is 0 Å². The highest BCUT2D eigenvalue weighted by Crippen LogP contribution is 2.21. The van der Waals surface area contributed by atoms with Gasteiger partial charge in [-0.1, -0.05) is 31.9 Å². The maximum Gasteiger partial charge on any atom is 0.253 e. The van der Waals surface area contributed by atoms with Gasteiger partial charge in [-0.25, -0.2) is 4.39 Å². The second-order valence-electron chi connectivity index (χ2n) is 7.27. The molecule has 0 spiro atoms. The summed E-state index contributed by atoms with van der Waals surface area (Å²) in [5.41, 5.74) is 1.70. The van der Waals surface area contributed by atoms with Gasteiger partial charge in [-0.2, -0.15) is 0 Å². The molecule has 1 N–H and O–H groups in total. The summed E-state index contributed by atoms with van der Waals surface area (Å²) in [5.74, 6) is -0.414. The van der Waals surface area contributed by atoms with Gasteiger partial charge >= 0.3 is 0 Å². The van der Waals surface area contributed by atoms with Gasteiger partial charge in [-0.05, 0) is 42.8 Å². The van der Waals surface area contributed by atoms with Crippen LogP contribution in [0.2, 0.25) is 0 Å². The molecule has 5 nitrogen and oxygen atoms in total. The number of halogens is 1. The van der Waals surface area contributed by atoms with Crippen molar-refractivity contribution in [2.75, 3.05) is 37.6 Å². The minimum absolute atomic E-state index is 0.0620. The zero-order valence-corrected chi connectivity index (χ0v) is 16.9. The molecule has 29 heavy (non-hydrogen) atoms. The van der Waals surface area contributed by atoms with Crippen molar-refractivity contribution in [3.8, 4) is 0 Å². The lowest BCUT2D eigenvalue weighted by molar-refractivity contribution is 0.0746. The second kappa shape index (κ2) is 10.0. The van der Waals surface area contributed by atoms with Crippen molar-refractivity contribution < 1.29 is 14.0 Å². The first kappa shape index (κ1) is 20.8. The first-order chi connectivity index (χ1) is 14.1. The van der Waals surface area contributed by atoms with Gasteiger partial charge in [0, 0.05) is 43.9 Å². The SMILES string of the molecule is CCCCCNC(=O)c1ccc(C(=O)N2CCN(c3ccccc3F)CC2)cc1. The molecular formula is C23H28FN3O2. The molecule has 0 radical (unpaired) electrons. The van der Waals surface area contributed by atoms with Gasteiger partial charge in [0.15, 0.2) is 0 Å². The van der Waals surface area contributed by atoms with E-state index >= 15 is 0 Å². The van der Waals surface area contributed by atoms with Crippen LogP contribution in [0, 0.1) is 5.82 Å². The average molecular weight is 397 g/mol. The summed E-state index contributed by atoms with van der Waals surface area (Å²) >= 11 is 0. The Hall–Kier alpha value is -2.89. The van der Waals surface area contributed by atoms with Crippen LogP contribution < -0.4 is 10.2 Å². The number of carbonyl (C=O) groups is 2. The third-order valence-corrected chi connectivity index (χ3v) is 5.22. The molecule has 0 aromatic heterocycles. The molecule has 0 bridgehead atoms.